The Morgan fingerprint density at radius 3 is 2.74 bits per heavy atom. The van der Waals surface area contributed by atoms with Crippen LogP contribution in [0.25, 0.3) is 22.7 Å². The molecular weight excluding hydrogens is 430 g/mol. The molecule has 0 spiro atoms. The topological polar surface area (TPSA) is 70.8 Å². The van der Waals surface area contributed by atoms with Crippen molar-refractivity contribution in [2.45, 2.75) is 51.9 Å². The Bertz CT molecular complexity index is 1080. The number of hydrogen-bond donors (Lipinski definition) is 0. The highest BCUT2D eigenvalue weighted by Crippen LogP contribution is 2.37. The summed E-state index contributed by atoms with van der Waals surface area (Å²) in [5.74, 6) is 3.41. The van der Waals surface area contributed by atoms with Gasteiger partial charge in [0.1, 0.15) is 24.0 Å². The minimum absolute atomic E-state index is 0.447. The number of methoxy groups -OCH3 is 1. The van der Waals surface area contributed by atoms with Crippen LogP contribution in [-0.2, 0) is 11.2 Å². The normalized spacial score (nSPS) is 13.7. The molecule has 1 fully saturated rings. The van der Waals surface area contributed by atoms with Crippen molar-refractivity contribution >= 4 is 6.29 Å². The van der Waals surface area contributed by atoms with Crippen molar-refractivity contribution in [2.24, 2.45) is 5.92 Å². The molecular formula is C28H33NO5. The summed E-state index contributed by atoms with van der Waals surface area (Å²) in [6, 6.07) is 11.6. The van der Waals surface area contributed by atoms with Gasteiger partial charge in [0.2, 0.25) is 5.89 Å². The number of nitrogens with zero attached hydrogens (tertiary/aromatic N) is 1. The second kappa shape index (κ2) is 11.7. The molecule has 0 aliphatic heterocycles. The number of aryl methyl sites for hydroxylation is 1. The lowest BCUT2D eigenvalue weighted by molar-refractivity contribution is -0.107. The Labute approximate surface area is 201 Å². The van der Waals surface area contributed by atoms with Gasteiger partial charge in [0.25, 0.3) is 0 Å². The van der Waals surface area contributed by atoms with Gasteiger partial charge >= 0.3 is 0 Å². The molecule has 6 heteroatoms. The summed E-state index contributed by atoms with van der Waals surface area (Å²) in [7, 11) is 1.65. The summed E-state index contributed by atoms with van der Waals surface area (Å²) in [5, 5.41) is 0. The van der Waals surface area contributed by atoms with Gasteiger partial charge in [-0.3, -0.25) is 0 Å². The van der Waals surface area contributed by atoms with Crippen molar-refractivity contribution in [3.63, 3.8) is 0 Å². The molecule has 6 nitrogen and oxygen atoms in total. The molecule has 2 aromatic carbocycles. The molecule has 0 saturated heterocycles. The lowest BCUT2D eigenvalue weighted by Gasteiger charge is -2.14. The number of ether oxygens (including phenoxy) is 3. The third-order valence-electron chi connectivity index (χ3n) is 6.37. The Kier molecular flexibility index (Phi) is 8.23. The first kappa shape index (κ1) is 23.9. The third-order valence-corrected chi connectivity index (χ3v) is 6.37. The second-order valence-corrected chi connectivity index (χ2v) is 8.62. The van der Waals surface area contributed by atoms with Crippen molar-refractivity contribution in [1.82, 2.24) is 4.98 Å². The minimum Gasteiger partial charge on any atom is -0.493 e. The molecule has 0 bridgehead atoms. The molecule has 1 aliphatic carbocycles. The SMILES string of the molecule is CCOc1c(CCC=O)cccc1-c1coc(-c2ccc(OC)c(OCCC3CCCC3)c2)n1. The van der Waals surface area contributed by atoms with E-state index in [9.17, 15) is 4.79 Å². The molecule has 1 aliphatic rings. The van der Waals surface area contributed by atoms with Crippen LogP contribution in [0.3, 0.4) is 0 Å². The maximum Gasteiger partial charge on any atom is 0.226 e. The number of carbonyl (C=O) groups is 1. The molecule has 1 saturated carbocycles. The molecule has 0 radical (unpaired) electrons. The Balaban J connectivity index is 1.56. The fourth-order valence-electron chi connectivity index (χ4n) is 4.60. The lowest BCUT2D eigenvalue weighted by Crippen LogP contribution is -2.04. The van der Waals surface area contributed by atoms with Crippen molar-refractivity contribution in [3.05, 3.63) is 48.2 Å². The number of hydrogen-bond acceptors (Lipinski definition) is 6. The first-order valence-electron chi connectivity index (χ1n) is 12.2. The number of benzene rings is 2. The van der Waals surface area contributed by atoms with Crippen LogP contribution in [0.5, 0.6) is 17.2 Å². The van der Waals surface area contributed by atoms with Gasteiger partial charge in [-0.2, -0.15) is 0 Å². The predicted octanol–water partition coefficient (Wildman–Crippen LogP) is 6.51. The van der Waals surface area contributed by atoms with Crippen LogP contribution in [0.4, 0.5) is 0 Å². The van der Waals surface area contributed by atoms with E-state index in [0.717, 1.165) is 41.1 Å². The van der Waals surface area contributed by atoms with Gasteiger partial charge in [0.05, 0.1) is 20.3 Å². The van der Waals surface area contributed by atoms with E-state index >= 15 is 0 Å². The van der Waals surface area contributed by atoms with E-state index in [1.54, 1.807) is 13.4 Å². The van der Waals surface area contributed by atoms with Crippen LogP contribution >= 0.6 is 0 Å². The van der Waals surface area contributed by atoms with Crippen LogP contribution in [-0.4, -0.2) is 31.6 Å². The van der Waals surface area contributed by atoms with Gasteiger partial charge in [-0.05, 0) is 55.5 Å². The Morgan fingerprint density at radius 2 is 1.97 bits per heavy atom. The molecule has 0 unspecified atom stereocenters. The highest BCUT2D eigenvalue weighted by Gasteiger charge is 2.18. The van der Waals surface area contributed by atoms with Crippen molar-refractivity contribution in [3.8, 4) is 40.0 Å². The van der Waals surface area contributed by atoms with Crippen molar-refractivity contribution in [1.29, 1.82) is 0 Å². The Hall–Kier alpha value is -3.28. The Morgan fingerprint density at radius 1 is 1.12 bits per heavy atom. The number of rotatable bonds is 12. The van der Waals surface area contributed by atoms with Crippen LogP contribution in [0.2, 0.25) is 0 Å². The molecule has 3 aromatic rings. The molecule has 0 atom stereocenters. The zero-order valence-corrected chi connectivity index (χ0v) is 20.0. The number of para-hydroxylation sites is 1. The van der Waals surface area contributed by atoms with E-state index in [2.05, 4.69) is 0 Å². The molecule has 0 N–H and O–H groups in total. The van der Waals surface area contributed by atoms with Gasteiger partial charge < -0.3 is 23.4 Å². The third kappa shape index (κ3) is 5.61. The van der Waals surface area contributed by atoms with Gasteiger partial charge in [-0.1, -0.05) is 37.8 Å². The van der Waals surface area contributed by atoms with Gasteiger partial charge in [0, 0.05) is 17.5 Å². The zero-order chi connectivity index (χ0) is 23.8. The van der Waals surface area contributed by atoms with Crippen molar-refractivity contribution in [2.75, 3.05) is 20.3 Å². The monoisotopic (exact) mass is 463 g/mol. The lowest BCUT2D eigenvalue weighted by atomic mass is 10.0. The predicted molar refractivity (Wildman–Crippen MR) is 132 cm³/mol. The average Bonchev–Trinajstić information content (AvgIpc) is 3.56. The number of carbonyl (C=O) groups excluding carboxylic acids is 1. The zero-order valence-electron chi connectivity index (χ0n) is 20.0. The van der Waals surface area contributed by atoms with Crippen LogP contribution in [0, 0.1) is 5.92 Å². The fourth-order valence-corrected chi connectivity index (χ4v) is 4.60. The quantitative estimate of drug-likeness (QED) is 0.285. The molecule has 180 valence electrons. The fraction of sp³-hybridized carbons (Fsp3) is 0.429. The summed E-state index contributed by atoms with van der Waals surface area (Å²) in [6.07, 6.45) is 9.98. The highest BCUT2D eigenvalue weighted by molar-refractivity contribution is 5.71. The number of aromatic nitrogens is 1. The van der Waals surface area contributed by atoms with E-state index in [1.165, 1.54) is 25.7 Å². The molecule has 34 heavy (non-hydrogen) atoms. The highest BCUT2D eigenvalue weighted by atomic mass is 16.5. The van der Waals surface area contributed by atoms with Gasteiger partial charge in [-0.25, -0.2) is 4.98 Å². The van der Waals surface area contributed by atoms with Crippen LogP contribution in [0.15, 0.2) is 47.1 Å². The van der Waals surface area contributed by atoms with E-state index in [1.807, 2.05) is 43.3 Å². The van der Waals surface area contributed by atoms with E-state index < -0.39 is 0 Å². The van der Waals surface area contributed by atoms with E-state index in [0.29, 0.717) is 49.1 Å². The standard InChI is InChI=1S/C28H33NO5/c1-3-32-27-21(11-7-16-30)10-6-12-23(27)24-19-34-28(29-24)22-13-14-25(31-2)26(18-22)33-17-15-20-8-4-5-9-20/h6,10,12-14,16,18-20H,3-5,7-9,11,15,17H2,1-2H3. The molecule has 1 aromatic heterocycles. The second-order valence-electron chi connectivity index (χ2n) is 8.62. The summed E-state index contributed by atoms with van der Waals surface area (Å²) < 4.78 is 23.4. The molecule has 1 heterocycles. The van der Waals surface area contributed by atoms with E-state index in [-0.39, 0.29) is 0 Å². The summed E-state index contributed by atoms with van der Waals surface area (Å²) in [5.41, 5.74) is 3.34. The summed E-state index contributed by atoms with van der Waals surface area (Å²) in [6.45, 7) is 3.14. The molecule has 0 amide bonds. The van der Waals surface area contributed by atoms with Gasteiger partial charge in [-0.15, -0.1) is 0 Å². The first-order chi connectivity index (χ1) is 16.7. The maximum absolute atomic E-state index is 10.9. The summed E-state index contributed by atoms with van der Waals surface area (Å²) >= 11 is 0. The average molecular weight is 464 g/mol. The largest absolute Gasteiger partial charge is 0.493 e. The maximum atomic E-state index is 10.9. The number of oxazole rings is 1. The van der Waals surface area contributed by atoms with Gasteiger partial charge in [0.15, 0.2) is 11.5 Å². The molecule has 4 rings (SSSR count). The summed E-state index contributed by atoms with van der Waals surface area (Å²) in [4.78, 5) is 15.6. The smallest absolute Gasteiger partial charge is 0.226 e. The number of aldehydes is 1. The van der Waals surface area contributed by atoms with Crippen molar-refractivity contribution < 1.29 is 23.4 Å². The van der Waals surface area contributed by atoms with Crippen LogP contribution < -0.4 is 14.2 Å². The van der Waals surface area contributed by atoms with E-state index in [4.69, 9.17) is 23.6 Å². The van der Waals surface area contributed by atoms with Crippen LogP contribution in [0.1, 0.15) is 51.0 Å². The first-order valence-corrected chi connectivity index (χ1v) is 12.2. The minimum atomic E-state index is 0.447.